The number of ether oxygens (including phenoxy) is 1. The number of likely N-dealkylation sites (N-methyl/N-ethyl adjacent to an activating group) is 1. The minimum absolute atomic E-state index is 0.0768. The number of benzene rings is 1. The molecule has 1 amide bonds. The highest BCUT2D eigenvalue weighted by atomic mass is 16.6. The number of cyclic esters (lactones) is 1. The van der Waals surface area contributed by atoms with Crippen molar-refractivity contribution in [1.82, 2.24) is 4.90 Å². The Hall–Kier alpha value is -1.71. The molecule has 80 valence electrons. The van der Waals surface area contributed by atoms with Crippen molar-refractivity contribution in [1.29, 1.82) is 0 Å². The maximum atomic E-state index is 11.1. The fourth-order valence-electron chi connectivity index (χ4n) is 1.65. The van der Waals surface area contributed by atoms with Crippen molar-refractivity contribution < 1.29 is 14.6 Å². The van der Waals surface area contributed by atoms with Crippen molar-refractivity contribution in [3.63, 3.8) is 0 Å². The second-order valence-electron chi connectivity index (χ2n) is 3.76. The lowest BCUT2D eigenvalue weighted by Crippen LogP contribution is -2.20. The Morgan fingerprint density at radius 3 is 2.67 bits per heavy atom. The number of phenols is 1. The van der Waals surface area contributed by atoms with Gasteiger partial charge >= 0.3 is 6.09 Å². The minimum atomic E-state index is -0.265. The largest absolute Gasteiger partial charge is 0.508 e. The molecule has 15 heavy (non-hydrogen) atoms. The highest BCUT2D eigenvalue weighted by Crippen LogP contribution is 2.16. The number of hydrogen-bond acceptors (Lipinski definition) is 3. The number of phenolic OH excluding ortho intramolecular Hbond substituents is 1. The van der Waals surface area contributed by atoms with Gasteiger partial charge in [0.15, 0.2) is 0 Å². The third-order valence-electron chi connectivity index (χ3n) is 2.46. The third-order valence-corrected chi connectivity index (χ3v) is 2.46. The second kappa shape index (κ2) is 3.81. The van der Waals surface area contributed by atoms with Crippen LogP contribution in [-0.2, 0) is 11.2 Å². The lowest BCUT2D eigenvalue weighted by atomic mass is 10.1. The molecular formula is C11H13NO3. The molecule has 1 unspecified atom stereocenters. The van der Waals surface area contributed by atoms with Gasteiger partial charge in [0, 0.05) is 13.5 Å². The first-order valence-corrected chi connectivity index (χ1v) is 4.85. The van der Waals surface area contributed by atoms with E-state index in [0.717, 1.165) is 5.56 Å². The molecule has 0 aliphatic carbocycles. The monoisotopic (exact) mass is 207 g/mol. The fraction of sp³-hybridized carbons (Fsp3) is 0.364. The molecule has 1 heterocycles. The Morgan fingerprint density at radius 2 is 2.13 bits per heavy atom. The van der Waals surface area contributed by atoms with E-state index in [0.29, 0.717) is 13.0 Å². The van der Waals surface area contributed by atoms with E-state index in [9.17, 15) is 4.79 Å². The predicted octanol–water partition coefficient (Wildman–Crippen LogP) is 1.39. The first-order valence-electron chi connectivity index (χ1n) is 4.85. The average molecular weight is 207 g/mol. The van der Waals surface area contributed by atoms with E-state index < -0.39 is 0 Å². The summed E-state index contributed by atoms with van der Waals surface area (Å²) in [6.07, 6.45) is 0.349. The molecule has 1 fully saturated rings. The summed E-state index contributed by atoms with van der Waals surface area (Å²) in [6.45, 7) is 0.625. The van der Waals surface area contributed by atoms with Crippen LogP contribution in [0, 0.1) is 0 Å². The van der Waals surface area contributed by atoms with Crippen LogP contribution in [0.3, 0.4) is 0 Å². The first kappa shape index (κ1) is 9.83. The van der Waals surface area contributed by atoms with Gasteiger partial charge in [-0.1, -0.05) is 12.1 Å². The summed E-state index contributed by atoms with van der Waals surface area (Å²) < 4.78 is 5.13. The van der Waals surface area contributed by atoms with Crippen molar-refractivity contribution >= 4 is 6.09 Å². The molecule has 1 aliphatic rings. The van der Waals surface area contributed by atoms with E-state index in [1.54, 1.807) is 24.1 Å². The van der Waals surface area contributed by atoms with Gasteiger partial charge in [0.2, 0.25) is 0 Å². The number of nitrogens with zero attached hydrogens (tertiary/aromatic N) is 1. The molecule has 1 atom stereocenters. The summed E-state index contributed by atoms with van der Waals surface area (Å²) in [4.78, 5) is 12.7. The summed E-state index contributed by atoms with van der Waals surface area (Å²) in [5, 5.41) is 9.11. The molecule has 0 bridgehead atoms. The highest BCUT2D eigenvalue weighted by Gasteiger charge is 2.27. The zero-order valence-corrected chi connectivity index (χ0v) is 8.51. The van der Waals surface area contributed by atoms with E-state index in [2.05, 4.69) is 0 Å². The number of aromatic hydroxyl groups is 1. The number of rotatable bonds is 2. The second-order valence-corrected chi connectivity index (χ2v) is 3.76. The summed E-state index contributed by atoms with van der Waals surface area (Å²) in [5.41, 5.74) is 1.06. The van der Waals surface area contributed by atoms with E-state index in [4.69, 9.17) is 9.84 Å². The zero-order valence-electron chi connectivity index (χ0n) is 8.51. The van der Waals surface area contributed by atoms with Crippen molar-refractivity contribution in [3.8, 4) is 5.75 Å². The van der Waals surface area contributed by atoms with Crippen LogP contribution in [0.15, 0.2) is 24.3 Å². The normalized spacial score (nSPS) is 20.5. The van der Waals surface area contributed by atoms with Gasteiger partial charge in [-0.2, -0.15) is 0 Å². The van der Waals surface area contributed by atoms with Crippen molar-refractivity contribution in [3.05, 3.63) is 29.8 Å². The Labute approximate surface area is 88.1 Å². The summed E-state index contributed by atoms with van der Waals surface area (Å²) in [6, 6.07) is 6.94. The average Bonchev–Trinajstić information content (AvgIpc) is 2.50. The molecule has 4 heteroatoms. The minimum Gasteiger partial charge on any atom is -0.508 e. The molecular weight excluding hydrogens is 194 g/mol. The first-order chi connectivity index (χ1) is 7.15. The number of carbonyl (C=O) groups excluding carboxylic acids is 1. The van der Waals surface area contributed by atoms with Crippen LogP contribution in [0.4, 0.5) is 4.79 Å². The lowest BCUT2D eigenvalue weighted by molar-refractivity contribution is 0.134. The topological polar surface area (TPSA) is 49.8 Å². The van der Waals surface area contributed by atoms with Gasteiger partial charge in [-0.05, 0) is 17.7 Å². The van der Waals surface area contributed by atoms with Crippen LogP contribution in [-0.4, -0.2) is 35.8 Å². The molecule has 0 radical (unpaired) electrons. The van der Waals surface area contributed by atoms with Crippen molar-refractivity contribution in [2.75, 3.05) is 13.6 Å². The van der Waals surface area contributed by atoms with Gasteiger partial charge in [0.05, 0.1) is 6.54 Å². The molecule has 4 nitrogen and oxygen atoms in total. The predicted molar refractivity (Wildman–Crippen MR) is 54.7 cm³/mol. The maximum absolute atomic E-state index is 11.1. The molecule has 2 rings (SSSR count). The highest BCUT2D eigenvalue weighted by molar-refractivity contribution is 5.69. The molecule has 1 N–H and O–H groups in total. The van der Waals surface area contributed by atoms with Gasteiger partial charge < -0.3 is 14.7 Å². The van der Waals surface area contributed by atoms with Crippen molar-refractivity contribution in [2.45, 2.75) is 12.5 Å². The molecule has 1 aliphatic heterocycles. The molecule has 0 spiro atoms. The number of hydrogen-bond donors (Lipinski definition) is 1. The van der Waals surface area contributed by atoms with Crippen LogP contribution >= 0.6 is 0 Å². The standard InChI is InChI=1S/C11H13NO3/c1-12-7-10(15-11(12)14)6-8-2-4-9(13)5-3-8/h2-5,10,13H,6-7H2,1H3. The van der Waals surface area contributed by atoms with Crippen LogP contribution < -0.4 is 0 Å². The molecule has 0 saturated carbocycles. The molecule has 1 aromatic rings. The third kappa shape index (κ3) is 2.21. The van der Waals surface area contributed by atoms with Crippen LogP contribution in [0.2, 0.25) is 0 Å². The van der Waals surface area contributed by atoms with Gasteiger partial charge in [-0.15, -0.1) is 0 Å². The quantitative estimate of drug-likeness (QED) is 0.797. The smallest absolute Gasteiger partial charge is 0.409 e. The molecule has 1 saturated heterocycles. The van der Waals surface area contributed by atoms with Gasteiger partial charge in [-0.3, -0.25) is 0 Å². The van der Waals surface area contributed by atoms with Crippen molar-refractivity contribution in [2.24, 2.45) is 0 Å². The summed E-state index contributed by atoms with van der Waals surface area (Å²) in [5.74, 6) is 0.249. The van der Waals surface area contributed by atoms with E-state index >= 15 is 0 Å². The fourth-order valence-corrected chi connectivity index (χ4v) is 1.65. The SMILES string of the molecule is CN1CC(Cc2ccc(O)cc2)OC1=O. The Bertz CT molecular complexity index is 361. The van der Waals surface area contributed by atoms with E-state index in [1.165, 1.54) is 0 Å². The molecule has 0 aromatic heterocycles. The van der Waals surface area contributed by atoms with Crippen LogP contribution in [0.25, 0.3) is 0 Å². The molecule has 1 aromatic carbocycles. The van der Waals surface area contributed by atoms with Crippen LogP contribution in [0.5, 0.6) is 5.75 Å². The lowest BCUT2D eigenvalue weighted by Gasteiger charge is -2.07. The Balaban J connectivity index is 1.98. The maximum Gasteiger partial charge on any atom is 0.409 e. The number of amides is 1. The summed E-state index contributed by atoms with van der Waals surface area (Å²) in [7, 11) is 1.72. The number of carbonyl (C=O) groups is 1. The Kier molecular flexibility index (Phi) is 2.49. The zero-order chi connectivity index (χ0) is 10.8. The van der Waals surface area contributed by atoms with Gasteiger partial charge in [0.1, 0.15) is 11.9 Å². The van der Waals surface area contributed by atoms with Crippen LogP contribution in [0.1, 0.15) is 5.56 Å². The van der Waals surface area contributed by atoms with E-state index in [1.807, 2.05) is 12.1 Å². The Morgan fingerprint density at radius 1 is 1.47 bits per heavy atom. The summed E-state index contributed by atoms with van der Waals surface area (Å²) >= 11 is 0. The van der Waals surface area contributed by atoms with Gasteiger partial charge in [-0.25, -0.2) is 4.79 Å². The van der Waals surface area contributed by atoms with E-state index in [-0.39, 0.29) is 17.9 Å². The van der Waals surface area contributed by atoms with Gasteiger partial charge in [0.25, 0.3) is 0 Å².